The Morgan fingerprint density at radius 1 is 1.13 bits per heavy atom. The van der Waals surface area contributed by atoms with Gasteiger partial charge in [0.15, 0.2) is 11.5 Å². The van der Waals surface area contributed by atoms with Gasteiger partial charge in [0.25, 0.3) is 0 Å². The molecule has 1 aliphatic heterocycles. The lowest BCUT2D eigenvalue weighted by Crippen LogP contribution is -2.19. The van der Waals surface area contributed by atoms with Crippen molar-refractivity contribution in [3.63, 3.8) is 0 Å². The summed E-state index contributed by atoms with van der Waals surface area (Å²) in [7, 11) is 0. The quantitative estimate of drug-likeness (QED) is 0.482. The number of H-pyrrole nitrogens is 1. The Morgan fingerprint density at radius 2 is 1.97 bits per heavy atom. The van der Waals surface area contributed by atoms with E-state index in [1.807, 2.05) is 23.1 Å². The average Bonchev–Trinajstić information content (AvgIpc) is 3.44. The largest absolute Gasteiger partial charge is 0.486 e. The van der Waals surface area contributed by atoms with Crippen LogP contribution in [0.1, 0.15) is 32.4 Å². The smallest absolute Gasteiger partial charge is 0.161 e. The number of benzene rings is 1. The molecular weight excluding hydrogens is 392 g/mol. The van der Waals surface area contributed by atoms with E-state index in [-0.39, 0.29) is 6.04 Å². The second-order valence-electron chi connectivity index (χ2n) is 8.02. The molecule has 1 aromatic carbocycles. The predicted octanol–water partition coefficient (Wildman–Crippen LogP) is 4.42. The molecule has 0 fully saturated rings. The van der Waals surface area contributed by atoms with E-state index in [9.17, 15) is 0 Å². The number of aryl methyl sites for hydroxylation is 1. The van der Waals surface area contributed by atoms with Gasteiger partial charge in [-0.1, -0.05) is 19.9 Å². The average molecular weight is 419 g/mol. The van der Waals surface area contributed by atoms with Crippen LogP contribution in [0.4, 0.5) is 5.82 Å². The van der Waals surface area contributed by atoms with Crippen LogP contribution in [0.5, 0.6) is 11.5 Å². The molecule has 5 rings (SSSR count). The molecule has 4 heterocycles. The zero-order valence-corrected chi connectivity index (χ0v) is 17.9. The summed E-state index contributed by atoms with van der Waals surface area (Å²) in [5.41, 5.74) is 3.92. The lowest BCUT2D eigenvalue weighted by atomic mass is 9.95. The predicted molar refractivity (Wildman–Crippen MR) is 119 cm³/mol. The Kier molecular flexibility index (Phi) is 4.97. The highest BCUT2D eigenvalue weighted by molar-refractivity contribution is 5.91. The maximum Gasteiger partial charge on any atom is 0.161 e. The van der Waals surface area contributed by atoms with Crippen LogP contribution >= 0.6 is 0 Å². The van der Waals surface area contributed by atoms with Gasteiger partial charge in [-0.15, -0.1) is 0 Å². The van der Waals surface area contributed by atoms with Crippen LogP contribution in [0, 0.1) is 5.92 Å². The van der Waals surface area contributed by atoms with Gasteiger partial charge >= 0.3 is 0 Å². The third kappa shape index (κ3) is 3.69. The van der Waals surface area contributed by atoms with Crippen molar-refractivity contribution >= 4 is 16.9 Å². The summed E-state index contributed by atoms with van der Waals surface area (Å²) in [5.74, 6) is 2.71. The van der Waals surface area contributed by atoms with E-state index in [1.54, 1.807) is 6.33 Å². The lowest BCUT2D eigenvalue weighted by molar-refractivity contribution is 0.171. The molecule has 0 spiro atoms. The minimum Gasteiger partial charge on any atom is -0.486 e. The zero-order valence-electron chi connectivity index (χ0n) is 17.9. The van der Waals surface area contributed by atoms with Crippen LogP contribution in [0.2, 0.25) is 0 Å². The minimum atomic E-state index is 0.0510. The third-order valence-electron chi connectivity index (χ3n) is 5.58. The SMILES string of the molecule is CCn1cc(-c2cc3c(N[C@@H](c4ccc5c(c4)OCCO5)C(C)C)ncnc3[nH]2)cn1. The first-order chi connectivity index (χ1) is 15.1. The molecule has 0 bridgehead atoms. The molecule has 0 radical (unpaired) electrons. The van der Waals surface area contributed by atoms with Gasteiger partial charge in [0.2, 0.25) is 0 Å². The van der Waals surface area contributed by atoms with Gasteiger partial charge in [-0.05, 0) is 36.6 Å². The lowest BCUT2D eigenvalue weighted by Gasteiger charge is -2.26. The number of ether oxygens (including phenoxy) is 2. The number of fused-ring (bicyclic) bond motifs is 2. The number of anilines is 1. The van der Waals surface area contributed by atoms with Crippen LogP contribution in [0.15, 0.2) is 43.0 Å². The second kappa shape index (κ2) is 7.94. The van der Waals surface area contributed by atoms with Gasteiger partial charge in [0.05, 0.1) is 23.3 Å². The van der Waals surface area contributed by atoms with Crippen LogP contribution in [0.25, 0.3) is 22.3 Å². The van der Waals surface area contributed by atoms with E-state index in [0.29, 0.717) is 19.1 Å². The minimum absolute atomic E-state index is 0.0510. The van der Waals surface area contributed by atoms with Crippen molar-refractivity contribution in [2.45, 2.75) is 33.4 Å². The molecule has 0 amide bonds. The van der Waals surface area contributed by atoms with Gasteiger partial charge in [-0.3, -0.25) is 4.68 Å². The van der Waals surface area contributed by atoms with Crippen LogP contribution in [0.3, 0.4) is 0 Å². The second-order valence-corrected chi connectivity index (χ2v) is 8.02. The Bertz CT molecular complexity index is 1210. The Morgan fingerprint density at radius 3 is 2.74 bits per heavy atom. The number of hydrogen-bond acceptors (Lipinski definition) is 6. The molecule has 2 N–H and O–H groups in total. The molecule has 160 valence electrons. The first-order valence-electron chi connectivity index (χ1n) is 10.6. The van der Waals surface area contributed by atoms with Crippen molar-refractivity contribution in [2.24, 2.45) is 5.92 Å². The number of rotatable bonds is 6. The van der Waals surface area contributed by atoms with E-state index >= 15 is 0 Å². The molecule has 8 nitrogen and oxygen atoms in total. The molecule has 1 atom stereocenters. The summed E-state index contributed by atoms with van der Waals surface area (Å²) in [6, 6.07) is 8.26. The molecule has 1 aliphatic rings. The Balaban J connectivity index is 1.49. The zero-order chi connectivity index (χ0) is 21.4. The van der Waals surface area contributed by atoms with Crippen molar-refractivity contribution in [3.05, 3.63) is 48.5 Å². The molecule has 8 heteroatoms. The summed E-state index contributed by atoms with van der Waals surface area (Å²) < 4.78 is 13.4. The first-order valence-corrected chi connectivity index (χ1v) is 10.6. The highest BCUT2D eigenvalue weighted by atomic mass is 16.6. The summed E-state index contributed by atoms with van der Waals surface area (Å²) in [5, 5.41) is 8.96. The highest BCUT2D eigenvalue weighted by Crippen LogP contribution is 2.36. The van der Waals surface area contributed by atoms with Gasteiger partial charge in [-0.25, -0.2) is 9.97 Å². The normalized spacial score (nSPS) is 14.2. The van der Waals surface area contributed by atoms with Crippen molar-refractivity contribution < 1.29 is 9.47 Å². The third-order valence-corrected chi connectivity index (χ3v) is 5.58. The molecule has 4 aromatic rings. The number of nitrogens with zero attached hydrogens (tertiary/aromatic N) is 4. The van der Waals surface area contributed by atoms with Gasteiger partial charge in [0, 0.05) is 18.3 Å². The fourth-order valence-electron chi connectivity index (χ4n) is 3.92. The topological polar surface area (TPSA) is 89.9 Å². The number of hydrogen-bond donors (Lipinski definition) is 2. The Labute approximate surface area is 180 Å². The standard InChI is InChI=1S/C23H26N6O2/c1-4-29-12-16(11-26-29)18-10-17-22(27-18)24-13-25-23(17)28-21(14(2)3)15-5-6-19-20(9-15)31-8-7-30-19/h5-6,9-14,21H,4,7-8H2,1-3H3,(H2,24,25,27,28)/t21-/m1/s1. The molecule has 31 heavy (non-hydrogen) atoms. The van der Waals surface area contributed by atoms with Crippen molar-refractivity contribution in [1.82, 2.24) is 24.7 Å². The van der Waals surface area contributed by atoms with Gasteiger partial charge in [-0.2, -0.15) is 5.10 Å². The van der Waals surface area contributed by atoms with Crippen LogP contribution in [-0.2, 0) is 6.54 Å². The number of nitrogens with one attached hydrogen (secondary N) is 2. The summed E-state index contributed by atoms with van der Waals surface area (Å²) in [6.07, 6.45) is 5.47. The van der Waals surface area contributed by atoms with Crippen molar-refractivity contribution in [1.29, 1.82) is 0 Å². The number of aromatic nitrogens is 5. The van der Waals surface area contributed by atoms with E-state index in [2.05, 4.69) is 64.3 Å². The molecule has 0 aliphatic carbocycles. The number of aromatic amines is 1. The summed E-state index contributed by atoms with van der Waals surface area (Å²) >= 11 is 0. The molecule has 0 saturated heterocycles. The van der Waals surface area contributed by atoms with Gasteiger partial charge in [0.1, 0.15) is 31.0 Å². The Hall–Kier alpha value is -3.55. The monoisotopic (exact) mass is 418 g/mol. The fourth-order valence-corrected chi connectivity index (χ4v) is 3.92. The maximum atomic E-state index is 5.79. The van der Waals surface area contributed by atoms with E-state index in [0.717, 1.165) is 51.7 Å². The van der Waals surface area contributed by atoms with E-state index in [1.165, 1.54) is 0 Å². The van der Waals surface area contributed by atoms with Crippen molar-refractivity contribution in [2.75, 3.05) is 18.5 Å². The molecule has 3 aromatic heterocycles. The first kappa shape index (κ1) is 19.4. The van der Waals surface area contributed by atoms with E-state index in [4.69, 9.17) is 9.47 Å². The van der Waals surface area contributed by atoms with Crippen LogP contribution in [-0.4, -0.2) is 37.9 Å². The van der Waals surface area contributed by atoms with Crippen LogP contribution < -0.4 is 14.8 Å². The highest BCUT2D eigenvalue weighted by Gasteiger charge is 2.21. The summed E-state index contributed by atoms with van der Waals surface area (Å²) in [6.45, 7) is 8.44. The maximum absolute atomic E-state index is 5.79. The summed E-state index contributed by atoms with van der Waals surface area (Å²) in [4.78, 5) is 12.4. The molecule has 0 unspecified atom stereocenters. The molecule has 0 saturated carbocycles. The molecular formula is C23H26N6O2. The van der Waals surface area contributed by atoms with E-state index < -0.39 is 0 Å². The van der Waals surface area contributed by atoms with Gasteiger partial charge < -0.3 is 19.8 Å². The fraction of sp³-hybridized carbons (Fsp3) is 0.348. The van der Waals surface area contributed by atoms with Crippen molar-refractivity contribution in [3.8, 4) is 22.8 Å².